The molecular formula is C16H12BrClN2O3. The van der Waals surface area contributed by atoms with E-state index >= 15 is 0 Å². The Hall–Kier alpha value is -2.05. The Bertz CT molecular complexity index is 763. The van der Waals surface area contributed by atoms with E-state index in [0.717, 1.165) is 10.0 Å². The van der Waals surface area contributed by atoms with Gasteiger partial charge in [-0.3, -0.25) is 4.79 Å². The second-order valence-electron chi connectivity index (χ2n) is 4.82. The summed E-state index contributed by atoms with van der Waals surface area (Å²) in [5.74, 6) is 1.00. The van der Waals surface area contributed by atoms with Crippen molar-refractivity contribution < 1.29 is 14.3 Å². The summed E-state index contributed by atoms with van der Waals surface area (Å²) in [5, 5.41) is 4.40. The molecule has 2 aromatic carbocycles. The molecule has 1 aliphatic heterocycles. The van der Waals surface area contributed by atoms with Crippen molar-refractivity contribution in [3.8, 4) is 11.5 Å². The summed E-state index contributed by atoms with van der Waals surface area (Å²) in [6, 6.07) is 10.9. The maximum absolute atomic E-state index is 11.8. The van der Waals surface area contributed by atoms with Crippen molar-refractivity contribution in [3.63, 3.8) is 0 Å². The monoisotopic (exact) mass is 394 g/mol. The van der Waals surface area contributed by atoms with Gasteiger partial charge in [-0.15, -0.1) is 0 Å². The van der Waals surface area contributed by atoms with E-state index in [1.807, 2.05) is 24.3 Å². The molecule has 0 aliphatic carbocycles. The van der Waals surface area contributed by atoms with Gasteiger partial charge in [0.1, 0.15) is 0 Å². The molecule has 0 saturated heterocycles. The fourth-order valence-corrected chi connectivity index (χ4v) is 2.50. The number of nitrogens with one attached hydrogen (secondary N) is 1. The summed E-state index contributed by atoms with van der Waals surface area (Å²) in [6.45, 7) is 0.177. The summed E-state index contributed by atoms with van der Waals surface area (Å²) in [4.78, 5) is 11.8. The fraction of sp³-hybridized carbons (Fsp3) is 0.125. The van der Waals surface area contributed by atoms with Crippen molar-refractivity contribution in [2.45, 2.75) is 6.42 Å². The van der Waals surface area contributed by atoms with Crippen molar-refractivity contribution in [1.82, 2.24) is 5.43 Å². The Morgan fingerprint density at radius 2 is 1.96 bits per heavy atom. The molecule has 0 saturated carbocycles. The Morgan fingerprint density at radius 3 is 2.70 bits per heavy atom. The quantitative estimate of drug-likeness (QED) is 0.636. The van der Waals surface area contributed by atoms with E-state index in [0.29, 0.717) is 22.1 Å². The number of benzene rings is 2. The number of hydrogen-bond donors (Lipinski definition) is 1. The topological polar surface area (TPSA) is 59.9 Å². The molecule has 2 aromatic rings. The lowest BCUT2D eigenvalue weighted by molar-refractivity contribution is -0.120. The average molecular weight is 396 g/mol. The summed E-state index contributed by atoms with van der Waals surface area (Å²) < 4.78 is 11.5. The predicted molar refractivity (Wildman–Crippen MR) is 91.2 cm³/mol. The van der Waals surface area contributed by atoms with Crippen LogP contribution in [-0.4, -0.2) is 18.9 Å². The molecule has 3 rings (SSSR count). The number of nitrogens with zero attached hydrogens (tertiary/aromatic N) is 1. The van der Waals surface area contributed by atoms with Crippen molar-refractivity contribution in [3.05, 3.63) is 57.0 Å². The molecule has 1 amide bonds. The second-order valence-corrected chi connectivity index (χ2v) is 6.15. The van der Waals surface area contributed by atoms with Crippen LogP contribution >= 0.6 is 27.5 Å². The first-order valence-electron chi connectivity index (χ1n) is 6.77. The molecule has 0 fully saturated rings. The molecule has 0 unspecified atom stereocenters. The van der Waals surface area contributed by atoms with E-state index in [1.165, 1.54) is 6.21 Å². The molecule has 1 aliphatic rings. The molecule has 0 atom stereocenters. The third kappa shape index (κ3) is 4.03. The molecule has 7 heteroatoms. The van der Waals surface area contributed by atoms with Crippen LogP contribution in [0.3, 0.4) is 0 Å². The maximum Gasteiger partial charge on any atom is 0.244 e. The van der Waals surface area contributed by atoms with Crippen molar-refractivity contribution in [2.24, 2.45) is 5.10 Å². The average Bonchev–Trinajstić information content (AvgIpc) is 2.97. The third-order valence-corrected chi connectivity index (χ3v) is 4.02. The molecule has 0 spiro atoms. The number of amides is 1. The van der Waals surface area contributed by atoms with E-state index in [2.05, 4.69) is 26.5 Å². The van der Waals surface area contributed by atoms with Gasteiger partial charge in [-0.1, -0.05) is 39.7 Å². The zero-order valence-corrected chi connectivity index (χ0v) is 14.2. The molecule has 0 bridgehead atoms. The highest BCUT2D eigenvalue weighted by Gasteiger charge is 2.15. The predicted octanol–water partition coefficient (Wildman–Crippen LogP) is 3.52. The standard InChI is InChI=1S/C16H12BrClN2O3/c17-12-3-1-10(2-4-12)5-16(21)20-19-8-11-6-14-15(7-13(11)18)23-9-22-14/h1-4,6-8H,5,9H2,(H,20,21). The van der Waals surface area contributed by atoms with Crippen molar-refractivity contribution in [2.75, 3.05) is 6.79 Å². The first-order chi connectivity index (χ1) is 11.1. The van der Waals surface area contributed by atoms with Crippen molar-refractivity contribution in [1.29, 1.82) is 0 Å². The van der Waals surface area contributed by atoms with Crippen LogP contribution in [0.1, 0.15) is 11.1 Å². The second kappa shape index (κ2) is 7.02. The minimum absolute atomic E-state index is 0.177. The number of hydrogen-bond acceptors (Lipinski definition) is 4. The molecule has 118 valence electrons. The number of hydrazone groups is 1. The van der Waals surface area contributed by atoms with Crippen LogP contribution in [0, 0.1) is 0 Å². The number of carbonyl (C=O) groups is 1. The Balaban J connectivity index is 1.60. The van der Waals surface area contributed by atoms with Gasteiger partial charge in [0.05, 0.1) is 17.7 Å². The van der Waals surface area contributed by atoms with Crippen LogP contribution in [0.25, 0.3) is 0 Å². The van der Waals surface area contributed by atoms with Gasteiger partial charge in [0.25, 0.3) is 0 Å². The largest absolute Gasteiger partial charge is 0.454 e. The molecule has 0 radical (unpaired) electrons. The van der Waals surface area contributed by atoms with E-state index < -0.39 is 0 Å². The first kappa shape index (κ1) is 15.8. The van der Waals surface area contributed by atoms with Gasteiger partial charge in [-0.25, -0.2) is 5.43 Å². The van der Waals surface area contributed by atoms with Crippen molar-refractivity contribution >= 4 is 39.7 Å². The smallest absolute Gasteiger partial charge is 0.244 e. The number of ether oxygens (including phenoxy) is 2. The number of halogens is 2. The Labute approximate surface area is 146 Å². The zero-order chi connectivity index (χ0) is 16.2. The molecular weight excluding hydrogens is 384 g/mol. The third-order valence-electron chi connectivity index (χ3n) is 3.16. The minimum Gasteiger partial charge on any atom is -0.454 e. The molecule has 23 heavy (non-hydrogen) atoms. The number of rotatable bonds is 4. The fourth-order valence-electron chi connectivity index (χ4n) is 2.03. The van der Waals surface area contributed by atoms with Crippen LogP contribution in [-0.2, 0) is 11.2 Å². The van der Waals surface area contributed by atoms with Crippen LogP contribution in [0.5, 0.6) is 11.5 Å². The molecule has 1 N–H and O–H groups in total. The lowest BCUT2D eigenvalue weighted by atomic mass is 10.1. The van der Waals surface area contributed by atoms with Gasteiger partial charge >= 0.3 is 0 Å². The van der Waals surface area contributed by atoms with Gasteiger partial charge in [0, 0.05) is 16.1 Å². The van der Waals surface area contributed by atoms with E-state index in [4.69, 9.17) is 21.1 Å². The maximum atomic E-state index is 11.8. The highest BCUT2D eigenvalue weighted by molar-refractivity contribution is 9.10. The van der Waals surface area contributed by atoms with Crippen LogP contribution < -0.4 is 14.9 Å². The van der Waals surface area contributed by atoms with Crippen LogP contribution in [0.15, 0.2) is 46.0 Å². The lowest BCUT2D eigenvalue weighted by Gasteiger charge is -2.02. The highest BCUT2D eigenvalue weighted by Crippen LogP contribution is 2.36. The molecule has 0 aromatic heterocycles. The van der Waals surface area contributed by atoms with E-state index in [-0.39, 0.29) is 19.1 Å². The van der Waals surface area contributed by atoms with E-state index in [9.17, 15) is 4.79 Å². The summed E-state index contributed by atoms with van der Waals surface area (Å²) in [6.07, 6.45) is 1.73. The molecule has 1 heterocycles. The first-order valence-corrected chi connectivity index (χ1v) is 7.94. The van der Waals surface area contributed by atoms with E-state index in [1.54, 1.807) is 12.1 Å². The van der Waals surface area contributed by atoms with Gasteiger partial charge in [-0.05, 0) is 23.8 Å². The van der Waals surface area contributed by atoms with Gasteiger partial charge < -0.3 is 9.47 Å². The number of carbonyl (C=O) groups excluding carboxylic acids is 1. The molecule has 5 nitrogen and oxygen atoms in total. The summed E-state index contributed by atoms with van der Waals surface area (Å²) >= 11 is 9.48. The zero-order valence-electron chi connectivity index (χ0n) is 11.9. The SMILES string of the molecule is O=C(Cc1ccc(Br)cc1)NN=Cc1cc2c(cc1Cl)OCO2. The van der Waals surface area contributed by atoms with Gasteiger partial charge in [-0.2, -0.15) is 5.10 Å². The van der Waals surface area contributed by atoms with Crippen LogP contribution in [0.2, 0.25) is 5.02 Å². The number of fused-ring (bicyclic) bond motifs is 1. The summed E-state index contributed by atoms with van der Waals surface area (Å²) in [5.41, 5.74) is 4.02. The van der Waals surface area contributed by atoms with Crippen LogP contribution in [0.4, 0.5) is 0 Å². The van der Waals surface area contributed by atoms with Gasteiger partial charge in [0.2, 0.25) is 12.7 Å². The summed E-state index contributed by atoms with van der Waals surface area (Å²) in [7, 11) is 0. The Morgan fingerprint density at radius 1 is 1.26 bits per heavy atom. The Kier molecular flexibility index (Phi) is 4.83. The lowest BCUT2D eigenvalue weighted by Crippen LogP contribution is -2.19. The normalized spacial score (nSPS) is 12.6. The minimum atomic E-state index is -0.208. The highest BCUT2D eigenvalue weighted by atomic mass is 79.9. The van der Waals surface area contributed by atoms with Gasteiger partial charge in [0.15, 0.2) is 11.5 Å².